The van der Waals surface area contributed by atoms with E-state index in [0.717, 1.165) is 16.7 Å². The number of ether oxygens (including phenoxy) is 2. The Labute approximate surface area is 163 Å². The number of hydrogen-bond donors (Lipinski definition) is 1. The third kappa shape index (κ3) is 5.20. The molecule has 0 saturated carbocycles. The van der Waals surface area contributed by atoms with Crippen molar-refractivity contribution >= 4 is 17.6 Å². The van der Waals surface area contributed by atoms with Crippen molar-refractivity contribution in [2.24, 2.45) is 0 Å². The lowest BCUT2D eigenvalue weighted by Gasteiger charge is -2.10. The Morgan fingerprint density at radius 3 is 2.18 bits per heavy atom. The van der Waals surface area contributed by atoms with Crippen molar-refractivity contribution in [2.45, 2.75) is 6.42 Å². The zero-order valence-corrected chi connectivity index (χ0v) is 15.6. The van der Waals surface area contributed by atoms with Crippen LogP contribution >= 0.6 is 0 Å². The monoisotopic (exact) mass is 375 g/mol. The summed E-state index contributed by atoms with van der Waals surface area (Å²) >= 11 is 0. The number of hydrogen-bond acceptors (Lipinski definition) is 4. The normalized spacial score (nSPS) is 10.2. The van der Waals surface area contributed by atoms with Gasteiger partial charge in [0.2, 0.25) is 0 Å². The highest BCUT2D eigenvalue weighted by Gasteiger charge is 2.11. The lowest BCUT2D eigenvalue weighted by molar-refractivity contribution is -0.146. The molecule has 1 amide bonds. The first-order valence-corrected chi connectivity index (χ1v) is 8.88. The molecule has 0 saturated heterocycles. The Kier molecular flexibility index (Phi) is 6.41. The van der Waals surface area contributed by atoms with E-state index in [4.69, 9.17) is 9.47 Å². The van der Waals surface area contributed by atoms with Gasteiger partial charge < -0.3 is 14.8 Å². The summed E-state index contributed by atoms with van der Waals surface area (Å²) in [5.41, 5.74) is 3.55. The van der Waals surface area contributed by atoms with Gasteiger partial charge in [0, 0.05) is 0 Å². The molecule has 3 aromatic carbocycles. The van der Waals surface area contributed by atoms with Gasteiger partial charge in [0.1, 0.15) is 5.75 Å². The number of methoxy groups -OCH3 is 1. The number of nitrogens with one attached hydrogen (secondary N) is 1. The number of carbonyl (C=O) groups excluding carboxylic acids is 2. The van der Waals surface area contributed by atoms with Crippen molar-refractivity contribution in [3.05, 3.63) is 84.4 Å². The Morgan fingerprint density at radius 2 is 1.46 bits per heavy atom. The van der Waals surface area contributed by atoms with E-state index in [1.807, 2.05) is 54.6 Å². The Balaban J connectivity index is 1.49. The Bertz CT molecular complexity index is 936. The quantitative estimate of drug-likeness (QED) is 0.632. The van der Waals surface area contributed by atoms with E-state index in [-0.39, 0.29) is 13.0 Å². The highest BCUT2D eigenvalue weighted by Crippen LogP contribution is 2.23. The first-order valence-electron chi connectivity index (χ1n) is 8.88. The van der Waals surface area contributed by atoms with Crippen LogP contribution in [0.3, 0.4) is 0 Å². The highest BCUT2D eigenvalue weighted by molar-refractivity contribution is 5.94. The van der Waals surface area contributed by atoms with E-state index in [2.05, 4.69) is 5.32 Å². The van der Waals surface area contributed by atoms with Crippen molar-refractivity contribution in [1.29, 1.82) is 0 Å². The summed E-state index contributed by atoms with van der Waals surface area (Å²) in [6.07, 6.45) is 0.108. The Hall–Kier alpha value is -3.60. The zero-order valence-electron chi connectivity index (χ0n) is 15.6. The second kappa shape index (κ2) is 9.37. The van der Waals surface area contributed by atoms with E-state index >= 15 is 0 Å². The molecule has 28 heavy (non-hydrogen) atoms. The molecule has 0 aliphatic carbocycles. The van der Waals surface area contributed by atoms with E-state index in [0.29, 0.717) is 11.4 Å². The van der Waals surface area contributed by atoms with Gasteiger partial charge in [0.05, 0.1) is 19.2 Å². The Morgan fingerprint density at radius 1 is 0.821 bits per heavy atom. The van der Waals surface area contributed by atoms with Crippen LogP contribution in [0.15, 0.2) is 78.9 Å². The second-order valence-electron chi connectivity index (χ2n) is 6.15. The number of amides is 1. The van der Waals surface area contributed by atoms with Gasteiger partial charge >= 0.3 is 5.97 Å². The molecule has 3 rings (SSSR count). The van der Waals surface area contributed by atoms with Crippen LogP contribution in [0.2, 0.25) is 0 Å². The zero-order chi connectivity index (χ0) is 19.8. The van der Waals surface area contributed by atoms with Gasteiger partial charge in [-0.1, -0.05) is 66.7 Å². The van der Waals surface area contributed by atoms with Gasteiger partial charge in [0.25, 0.3) is 5.91 Å². The van der Waals surface area contributed by atoms with Gasteiger partial charge in [-0.05, 0) is 28.8 Å². The highest BCUT2D eigenvalue weighted by atomic mass is 16.5. The average molecular weight is 375 g/mol. The summed E-state index contributed by atoms with van der Waals surface area (Å²) in [7, 11) is 1.52. The molecule has 0 fully saturated rings. The van der Waals surface area contributed by atoms with Gasteiger partial charge in [-0.2, -0.15) is 0 Å². The van der Waals surface area contributed by atoms with E-state index < -0.39 is 11.9 Å². The average Bonchev–Trinajstić information content (AvgIpc) is 2.74. The maximum Gasteiger partial charge on any atom is 0.310 e. The predicted molar refractivity (Wildman–Crippen MR) is 108 cm³/mol. The fourth-order valence-electron chi connectivity index (χ4n) is 2.74. The minimum Gasteiger partial charge on any atom is -0.495 e. The molecule has 0 heterocycles. The molecule has 0 aromatic heterocycles. The number of benzene rings is 3. The molecule has 0 radical (unpaired) electrons. The van der Waals surface area contributed by atoms with Crippen LogP contribution in [0, 0.1) is 0 Å². The third-order valence-corrected chi connectivity index (χ3v) is 4.15. The molecule has 0 bridgehead atoms. The number of rotatable bonds is 7. The smallest absolute Gasteiger partial charge is 0.310 e. The van der Waals surface area contributed by atoms with Crippen molar-refractivity contribution < 1.29 is 19.1 Å². The molecule has 3 aromatic rings. The summed E-state index contributed by atoms with van der Waals surface area (Å²) < 4.78 is 10.2. The summed E-state index contributed by atoms with van der Waals surface area (Å²) in [5.74, 6) is -0.333. The van der Waals surface area contributed by atoms with Gasteiger partial charge in [-0.3, -0.25) is 9.59 Å². The third-order valence-electron chi connectivity index (χ3n) is 4.15. The summed E-state index contributed by atoms with van der Waals surface area (Å²) in [4.78, 5) is 24.0. The minimum atomic E-state index is -0.456. The predicted octanol–water partition coefficient (Wildman–Crippen LogP) is 4.09. The fraction of sp³-hybridized carbons (Fsp3) is 0.130. The summed E-state index contributed by atoms with van der Waals surface area (Å²) in [6, 6.07) is 24.7. The standard InChI is InChI=1S/C23H21NO4/c1-27-21-10-6-5-9-20(21)24-22(25)16-28-23(26)15-17-11-13-19(14-12-17)18-7-3-2-4-8-18/h2-14H,15-16H2,1H3,(H,24,25). The van der Waals surface area contributed by atoms with Crippen molar-refractivity contribution in [1.82, 2.24) is 0 Å². The van der Waals surface area contributed by atoms with Crippen LogP contribution in [0.25, 0.3) is 11.1 Å². The second-order valence-corrected chi connectivity index (χ2v) is 6.15. The maximum absolute atomic E-state index is 12.0. The largest absolute Gasteiger partial charge is 0.495 e. The first kappa shape index (κ1) is 19.2. The van der Waals surface area contributed by atoms with E-state index in [9.17, 15) is 9.59 Å². The van der Waals surface area contributed by atoms with Crippen molar-refractivity contribution in [3.8, 4) is 16.9 Å². The molecule has 5 nitrogen and oxygen atoms in total. The molecule has 0 spiro atoms. The summed E-state index contributed by atoms with van der Waals surface area (Å²) in [6.45, 7) is -0.348. The number of para-hydroxylation sites is 2. The van der Waals surface area contributed by atoms with Crippen LogP contribution in [0.1, 0.15) is 5.56 Å². The van der Waals surface area contributed by atoms with E-state index in [1.165, 1.54) is 7.11 Å². The summed E-state index contributed by atoms with van der Waals surface area (Å²) in [5, 5.41) is 2.67. The van der Waals surface area contributed by atoms with Gasteiger partial charge in [-0.25, -0.2) is 0 Å². The van der Waals surface area contributed by atoms with Crippen LogP contribution in [0.4, 0.5) is 5.69 Å². The maximum atomic E-state index is 12.0. The van der Waals surface area contributed by atoms with Crippen molar-refractivity contribution in [3.63, 3.8) is 0 Å². The van der Waals surface area contributed by atoms with Crippen LogP contribution in [0.5, 0.6) is 5.75 Å². The number of anilines is 1. The SMILES string of the molecule is COc1ccccc1NC(=O)COC(=O)Cc1ccc(-c2ccccc2)cc1. The van der Waals surface area contributed by atoms with Gasteiger partial charge in [-0.15, -0.1) is 0 Å². The molecule has 0 unspecified atom stereocenters. The number of carbonyl (C=O) groups is 2. The molecule has 0 atom stereocenters. The molecule has 0 aliphatic heterocycles. The molecule has 142 valence electrons. The van der Waals surface area contributed by atoms with Gasteiger partial charge in [0.15, 0.2) is 6.61 Å². The lowest BCUT2D eigenvalue weighted by atomic mass is 10.0. The van der Waals surface area contributed by atoms with E-state index in [1.54, 1.807) is 24.3 Å². The molecule has 0 aliphatic rings. The lowest BCUT2D eigenvalue weighted by Crippen LogP contribution is -2.21. The molecule has 1 N–H and O–H groups in total. The minimum absolute atomic E-state index is 0.108. The fourth-order valence-corrected chi connectivity index (χ4v) is 2.74. The number of esters is 1. The van der Waals surface area contributed by atoms with Crippen LogP contribution in [-0.2, 0) is 20.7 Å². The van der Waals surface area contributed by atoms with Crippen LogP contribution < -0.4 is 10.1 Å². The first-order chi connectivity index (χ1) is 13.7. The molecule has 5 heteroatoms. The van der Waals surface area contributed by atoms with Crippen molar-refractivity contribution in [2.75, 3.05) is 19.0 Å². The molecular formula is C23H21NO4. The van der Waals surface area contributed by atoms with Crippen LogP contribution in [-0.4, -0.2) is 25.6 Å². The molecular weight excluding hydrogens is 354 g/mol. The topological polar surface area (TPSA) is 64.6 Å².